The minimum Gasteiger partial charge on any atom is -0.481 e. The molecule has 120 valence electrons. The third kappa shape index (κ3) is 4.59. The molecular formula is C15H27N3O3. The molecule has 0 aromatic heterocycles. The first kappa shape index (κ1) is 16.1. The molecule has 0 bridgehead atoms. The minimum atomic E-state index is -0.792. The molecule has 2 aliphatic heterocycles. The first-order valence-electron chi connectivity index (χ1n) is 8.08. The fourth-order valence-electron chi connectivity index (χ4n) is 3.21. The van der Waals surface area contributed by atoms with Crippen molar-refractivity contribution in [3.63, 3.8) is 0 Å². The van der Waals surface area contributed by atoms with E-state index in [1.54, 1.807) is 4.90 Å². The Kier molecular flexibility index (Phi) is 5.85. The minimum absolute atomic E-state index is 0.0983. The van der Waals surface area contributed by atoms with Gasteiger partial charge in [0.25, 0.3) is 0 Å². The summed E-state index contributed by atoms with van der Waals surface area (Å²) in [5, 5.41) is 12.0. The highest BCUT2D eigenvalue weighted by molar-refractivity contribution is 5.76. The summed E-state index contributed by atoms with van der Waals surface area (Å²) in [5.74, 6) is -0.645. The van der Waals surface area contributed by atoms with E-state index in [0.717, 1.165) is 38.9 Å². The van der Waals surface area contributed by atoms with E-state index in [9.17, 15) is 9.59 Å². The smallest absolute Gasteiger partial charge is 0.317 e. The topological polar surface area (TPSA) is 72.9 Å². The van der Waals surface area contributed by atoms with Crippen molar-refractivity contribution in [3.05, 3.63) is 0 Å². The average molecular weight is 297 g/mol. The van der Waals surface area contributed by atoms with Gasteiger partial charge >= 0.3 is 12.0 Å². The lowest BCUT2D eigenvalue weighted by Crippen LogP contribution is -2.48. The molecule has 1 atom stereocenters. The van der Waals surface area contributed by atoms with Crippen LogP contribution in [-0.4, -0.2) is 66.2 Å². The molecule has 0 aliphatic carbocycles. The average Bonchev–Trinajstić information content (AvgIpc) is 2.53. The molecule has 0 aromatic carbocycles. The van der Waals surface area contributed by atoms with Crippen LogP contribution in [0.2, 0.25) is 0 Å². The number of hydrogen-bond donors (Lipinski definition) is 2. The van der Waals surface area contributed by atoms with Crippen molar-refractivity contribution >= 4 is 12.0 Å². The predicted molar refractivity (Wildman–Crippen MR) is 80.2 cm³/mol. The van der Waals surface area contributed by atoms with Crippen LogP contribution in [0.25, 0.3) is 0 Å². The van der Waals surface area contributed by atoms with Gasteiger partial charge in [-0.3, -0.25) is 4.79 Å². The number of aliphatic carboxylic acids is 1. The summed E-state index contributed by atoms with van der Waals surface area (Å²) in [6.07, 6.45) is 3.71. The van der Waals surface area contributed by atoms with Crippen LogP contribution >= 0.6 is 0 Å². The lowest BCUT2D eigenvalue weighted by Gasteiger charge is -2.33. The van der Waals surface area contributed by atoms with Gasteiger partial charge in [0, 0.05) is 19.6 Å². The molecule has 0 aromatic rings. The Morgan fingerprint density at radius 2 is 1.90 bits per heavy atom. The maximum Gasteiger partial charge on any atom is 0.317 e. The maximum atomic E-state index is 12.1. The molecule has 2 saturated heterocycles. The van der Waals surface area contributed by atoms with Crippen molar-refractivity contribution in [2.45, 2.75) is 32.6 Å². The second-order valence-corrected chi connectivity index (χ2v) is 6.19. The Bertz CT molecular complexity index is 367. The number of urea groups is 1. The lowest BCUT2D eigenvalue weighted by atomic mass is 9.96. The summed E-state index contributed by atoms with van der Waals surface area (Å²) < 4.78 is 0. The van der Waals surface area contributed by atoms with Crippen LogP contribution in [0.1, 0.15) is 32.6 Å². The van der Waals surface area contributed by atoms with Crippen LogP contribution in [-0.2, 0) is 4.79 Å². The van der Waals surface area contributed by atoms with Gasteiger partial charge in [-0.05, 0) is 51.2 Å². The third-order valence-electron chi connectivity index (χ3n) is 4.75. The lowest BCUT2D eigenvalue weighted by molar-refractivity contribution is -0.143. The van der Waals surface area contributed by atoms with Crippen LogP contribution < -0.4 is 5.32 Å². The molecule has 0 spiro atoms. The monoisotopic (exact) mass is 297 g/mol. The number of nitrogens with one attached hydrogen (secondary N) is 1. The van der Waals surface area contributed by atoms with Crippen molar-refractivity contribution in [1.82, 2.24) is 15.1 Å². The molecule has 21 heavy (non-hydrogen) atoms. The SMILES string of the molecule is CCN1CCC(CNC(=O)N2CCCC(C(=O)O)C2)CC1. The van der Waals surface area contributed by atoms with Crippen molar-refractivity contribution in [1.29, 1.82) is 0 Å². The van der Waals surface area contributed by atoms with E-state index in [0.29, 0.717) is 32.0 Å². The van der Waals surface area contributed by atoms with Crippen LogP contribution in [0, 0.1) is 11.8 Å². The zero-order valence-corrected chi connectivity index (χ0v) is 12.9. The molecular weight excluding hydrogens is 270 g/mol. The molecule has 2 N–H and O–H groups in total. The molecule has 2 amide bonds. The van der Waals surface area contributed by atoms with E-state index >= 15 is 0 Å². The summed E-state index contributed by atoms with van der Waals surface area (Å²) in [6, 6.07) is -0.0983. The highest BCUT2D eigenvalue weighted by atomic mass is 16.4. The second-order valence-electron chi connectivity index (χ2n) is 6.19. The second kappa shape index (κ2) is 7.64. The Hall–Kier alpha value is -1.30. The Morgan fingerprint density at radius 1 is 1.19 bits per heavy atom. The van der Waals surface area contributed by atoms with Crippen molar-refractivity contribution in [2.75, 3.05) is 39.3 Å². The number of hydrogen-bond acceptors (Lipinski definition) is 3. The van der Waals surface area contributed by atoms with Gasteiger partial charge in [0.2, 0.25) is 0 Å². The third-order valence-corrected chi connectivity index (χ3v) is 4.75. The zero-order valence-electron chi connectivity index (χ0n) is 12.9. The highest BCUT2D eigenvalue weighted by Crippen LogP contribution is 2.18. The van der Waals surface area contributed by atoms with Crippen LogP contribution in [0.5, 0.6) is 0 Å². The summed E-state index contributed by atoms with van der Waals surface area (Å²) in [4.78, 5) is 27.3. The van der Waals surface area contributed by atoms with E-state index in [-0.39, 0.29) is 6.03 Å². The predicted octanol–water partition coefficient (Wildman–Crippen LogP) is 1.22. The standard InChI is InChI=1S/C15H27N3O3/c1-2-17-8-5-12(6-9-17)10-16-15(21)18-7-3-4-13(11-18)14(19)20/h12-13H,2-11H2,1H3,(H,16,21)(H,19,20). The largest absolute Gasteiger partial charge is 0.481 e. The Morgan fingerprint density at radius 3 is 2.52 bits per heavy atom. The van der Waals surface area contributed by atoms with Crippen molar-refractivity contribution < 1.29 is 14.7 Å². The van der Waals surface area contributed by atoms with Crippen LogP contribution in [0.4, 0.5) is 4.79 Å². The molecule has 6 heteroatoms. The van der Waals surface area contributed by atoms with E-state index in [4.69, 9.17) is 5.11 Å². The van der Waals surface area contributed by atoms with E-state index < -0.39 is 11.9 Å². The number of likely N-dealkylation sites (tertiary alicyclic amines) is 2. The molecule has 2 heterocycles. The number of carbonyl (C=O) groups excluding carboxylic acids is 1. The molecule has 6 nitrogen and oxygen atoms in total. The Balaban J connectivity index is 1.71. The van der Waals surface area contributed by atoms with E-state index in [1.165, 1.54) is 0 Å². The fraction of sp³-hybridized carbons (Fsp3) is 0.867. The van der Waals surface area contributed by atoms with Gasteiger partial charge in [0.05, 0.1) is 5.92 Å². The van der Waals surface area contributed by atoms with Gasteiger partial charge in [0.1, 0.15) is 0 Å². The number of nitrogens with zero attached hydrogens (tertiary/aromatic N) is 2. The number of carbonyl (C=O) groups is 2. The van der Waals surface area contributed by atoms with Gasteiger partial charge in [-0.1, -0.05) is 6.92 Å². The zero-order chi connectivity index (χ0) is 15.2. The normalized spacial score (nSPS) is 24.8. The van der Waals surface area contributed by atoms with Gasteiger partial charge in [0.15, 0.2) is 0 Å². The molecule has 2 aliphatic rings. The number of carboxylic acid groups (broad SMARTS) is 1. The summed E-state index contributed by atoms with van der Waals surface area (Å²) in [7, 11) is 0. The number of amides is 2. The van der Waals surface area contributed by atoms with Crippen LogP contribution in [0.15, 0.2) is 0 Å². The van der Waals surface area contributed by atoms with Crippen molar-refractivity contribution in [3.8, 4) is 0 Å². The number of piperidine rings is 2. The maximum absolute atomic E-state index is 12.1. The molecule has 2 fully saturated rings. The number of rotatable bonds is 4. The van der Waals surface area contributed by atoms with Gasteiger partial charge in [-0.25, -0.2) is 4.79 Å². The first-order chi connectivity index (χ1) is 10.1. The van der Waals surface area contributed by atoms with E-state index in [2.05, 4.69) is 17.1 Å². The van der Waals surface area contributed by atoms with E-state index in [1.807, 2.05) is 0 Å². The number of carboxylic acids is 1. The molecule has 1 unspecified atom stereocenters. The molecule has 2 rings (SSSR count). The summed E-state index contributed by atoms with van der Waals surface area (Å²) in [5.41, 5.74) is 0. The van der Waals surface area contributed by atoms with Gasteiger partial charge < -0.3 is 20.2 Å². The quantitative estimate of drug-likeness (QED) is 0.818. The first-order valence-corrected chi connectivity index (χ1v) is 8.08. The molecule has 0 radical (unpaired) electrons. The van der Waals surface area contributed by atoms with Crippen LogP contribution in [0.3, 0.4) is 0 Å². The summed E-state index contributed by atoms with van der Waals surface area (Å²) >= 11 is 0. The van der Waals surface area contributed by atoms with Crippen molar-refractivity contribution in [2.24, 2.45) is 11.8 Å². The fourth-order valence-corrected chi connectivity index (χ4v) is 3.21. The van der Waals surface area contributed by atoms with Gasteiger partial charge in [-0.2, -0.15) is 0 Å². The molecule has 0 saturated carbocycles. The highest BCUT2D eigenvalue weighted by Gasteiger charge is 2.28. The van der Waals surface area contributed by atoms with Gasteiger partial charge in [-0.15, -0.1) is 0 Å². The summed E-state index contributed by atoms with van der Waals surface area (Å²) in [6.45, 7) is 7.23. The Labute approximate surface area is 126 Å².